The second-order valence-electron chi connectivity index (χ2n) is 7.42. The Bertz CT molecular complexity index is 1340. The van der Waals surface area contributed by atoms with Gasteiger partial charge in [0, 0.05) is 30.9 Å². The molecule has 0 saturated carbocycles. The lowest BCUT2D eigenvalue weighted by molar-refractivity contribution is 0.0988. The molecule has 4 rings (SSSR count). The number of pyridine rings is 1. The number of nitrogens with zero attached hydrogens (tertiary/aromatic N) is 3. The lowest BCUT2D eigenvalue weighted by Crippen LogP contribution is -2.40. The lowest BCUT2D eigenvalue weighted by atomic mass is 10.1. The summed E-state index contributed by atoms with van der Waals surface area (Å²) in [7, 11) is 0. The number of rotatable bonds is 7. The van der Waals surface area contributed by atoms with Crippen LogP contribution in [-0.2, 0) is 19.5 Å². The number of hydrogen-bond donors (Lipinski definition) is 0. The summed E-state index contributed by atoms with van der Waals surface area (Å²) in [4.78, 5) is 42.2. The summed E-state index contributed by atoms with van der Waals surface area (Å²) in [6.45, 7) is 2.43. The van der Waals surface area contributed by atoms with Crippen LogP contribution < -0.4 is 11.2 Å². The molecule has 0 spiro atoms. The molecule has 31 heavy (non-hydrogen) atoms. The number of aryl methyl sites for hydroxylation is 1. The van der Waals surface area contributed by atoms with Crippen LogP contribution in [-0.4, -0.2) is 19.9 Å². The minimum absolute atomic E-state index is 0.0822. The monoisotopic (exact) mass is 413 g/mol. The van der Waals surface area contributed by atoms with E-state index < -0.39 is 0 Å². The van der Waals surface area contributed by atoms with Gasteiger partial charge in [0.25, 0.3) is 5.56 Å². The molecule has 0 fully saturated rings. The Kier molecular flexibility index (Phi) is 5.89. The van der Waals surface area contributed by atoms with Gasteiger partial charge in [0.2, 0.25) is 0 Å². The van der Waals surface area contributed by atoms with Crippen molar-refractivity contribution in [1.29, 1.82) is 0 Å². The standard InChI is InChI=1S/C25H23N3O3/c1-2-23(29)20-9-7-19(8-10-20)17-28-22-6-4-3-5-21(22)24(30)27(25(28)31)16-13-18-11-14-26-15-12-18/h3-12,14-15H,2,13,16-17H2,1H3. The summed E-state index contributed by atoms with van der Waals surface area (Å²) in [5.41, 5.74) is 2.54. The van der Waals surface area contributed by atoms with E-state index in [9.17, 15) is 14.4 Å². The first-order chi connectivity index (χ1) is 15.1. The highest BCUT2D eigenvalue weighted by Gasteiger charge is 2.13. The van der Waals surface area contributed by atoms with Crippen LogP contribution in [0, 0.1) is 0 Å². The first-order valence-electron chi connectivity index (χ1n) is 10.3. The number of carbonyl (C=O) groups excluding carboxylic acids is 1. The molecule has 6 nitrogen and oxygen atoms in total. The van der Waals surface area contributed by atoms with Gasteiger partial charge >= 0.3 is 5.69 Å². The van der Waals surface area contributed by atoms with Crippen LogP contribution in [0.15, 0.2) is 82.6 Å². The number of carbonyl (C=O) groups is 1. The Labute approximate surface area is 179 Å². The molecule has 0 atom stereocenters. The maximum absolute atomic E-state index is 13.3. The van der Waals surface area contributed by atoms with Gasteiger partial charge in [-0.1, -0.05) is 43.3 Å². The number of ketones is 1. The van der Waals surface area contributed by atoms with Crippen molar-refractivity contribution in [3.05, 3.63) is 111 Å². The van der Waals surface area contributed by atoms with Crippen LogP contribution >= 0.6 is 0 Å². The van der Waals surface area contributed by atoms with Crippen molar-refractivity contribution in [1.82, 2.24) is 14.1 Å². The summed E-state index contributed by atoms with van der Waals surface area (Å²) in [5, 5.41) is 0.509. The average Bonchev–Trinajstić information content (AvgIpc) is 2.82. The Morgan fingerprint density at radius 3 is 2.29 bits per heavy atom. The molecule has 0 N–H and O–H groups in total. The minimum atomic E-state index is -0.341. The highest BCUT2D eigenvalue weighted by atomic mass is 16.2. The van der Waals surface area contributed by atoms with Crippen molar-refractivity contribution in [3.8, 4) is 0 Å². The number of fused-ring (bicyclic) bond motifs is 1. The molecule has 4 aromatic rings. The maximum atomic E-state index is 13.3. The molecule has 2 heterocycles. The molecular weight excluding hydrogens is 390 g/mol. The Morgan fingerprint density at radius 1 is 0.871 bits per heavy atom. The van der Waals surface area contributed by atoms with Crippen molar-refractivity contribution in [2.75, 3.05) is 0 Å². The zero-order valence-corrected chi connectivity index (χ0v) is 17.3. The molecule has 0 unspecified atom stereocenters. The molecular formula is C25H23N3O3. The molecule has 0 radical (unpaired) electrons. The number of benzene rings is 2. The minimum Gasteiger partial charge on any atom is -0.294 e. The molecule has 2 aromatic carbocycles. The zero-order valence-electron chi connectivity index (χ0n) is 17.3. The van der Waals surface area contributed by atoms with Crippen LogP contribution in [0.3, 0.4) is 0 Å². The average molecular weight is 413 g/mol. The SMILES string of the molecule is CCC(=O)c1ccc(Cn2c(=O)n(CCc3ccncc3)c(=O)c3ccccc32)cc1. The van der Waals surface area contributed by atoms with Crippen molar-refractivity contribution < 1.29 is 4.79 Å². The molecule has 6 heteroatoms. The lowest BCUT2D eigenvalue weighted by Gasteiger charge is -2.14. The molecule has 0 aliphatic heterocycles. The van der Waals surface area contributed by atoms with Crippen molar-refractivity contribution in [2.24, 2.45) is 0 Å². The largest absolute Gasteiger partial charge is 0.331 e. The maximum Gasteiger partial charge on any atom is 0.331 e. The molecule has 0 amide bonds. The third kappa shape index (κ3) is 4.23. The van der Waals surface area contributed by atoms with Gasteiger partial charge in [-0.25, -0.2) is 4.79 Å². The van der Waals surface area contributed by atoms with Gasteiger partial charge in [0.05, 0.1) is 17.4 Å². The summed E-state index contributed by atoms with van der Waals surface area (Å²) >= 11 is 0. The summed E-state index contributed by atoms with van der Waals surface area (Å²) in [6, 6.07) is 18.2. The Balaban J connectivity index is 1.74. The molecule has 0 bridgehead atoms. The number of hydrogen-bond acceptors (Lipinski definition) is 4. The van der Waals surface area contributed by atoms with E-state index in [1.54, 1.807) is 47.3 Å². The first kappa shape index (κ1) is 20.5. The molecule has 2 aromatic heterocycles. The fraction of sp³-hybridized carbons (Fsp3) is 0.200. The Hall–Kier alpha value is -3.80. The van der Waals surface area contributed by atoms with Crippen LogP contribution in [0.4, 0.5) is 0 Å². The summed E-state index contributed by atoms with van der Waals surface area (Å²) in [5.74, 6) is 0.0822. The molecule has 0 aliphatic rings. The van der Waals surface area contributed by atoms with E-state index in [1.165, 1.54) is 4.57 Å². The van der Waals surface area contributed by atoms with Crippen LogP contribution in [0.5, 0.6) is 0 Å². The van der Waals surface area contributed by atoms with Crippen LogP contribution in [0.1, 0.15) is 34.8 Å². The zero-order chi connectivity index (χ0) is 21.8. The van der Waals surface area contributed by atoms with E-state index in [0.717, 1.165) is 11.1 Å². The predicted molar refractivity (Wildman–Crippen MR) is 121 cm³/mol. The van der Waals surface area contributed by atoms with E-state index >= 15 is 0 Å². The van der Waals surface area contributed by atoms with Crippen LogP contribution in [0.2, 0.25) is 0 Å². The van der Waals surface area contributed by atoms with Gasteiger partial charge in [-0.2, -0.15) is 0 Å². The fourth-order valence-electron chi connectivity index (χ4n) is 3.69. The van der Waals surface area contributed by atoms with Gasteiger partial charge in [-0.05, 0) is 41.8 Å². The number of para-hydroxylation sites is 1. The van der Waals surface area contributed by atoms with Crippen molar-refractivity contribution >= 4 is 16.7 Å². The topological polar surface area (TPSA) is 74.0 Å². The summed E-state index contributed by atoms with van der Waals surface area (Å²) in [6.07, 6.45) is 4.41. The normalized spacial score (nSPS) is 11.0. The third-order valence-corrected chi connectivity index (χ3v) is 5.44. The summed E-state index contributed by atoms with van der Waals surface area (Å²) < 4.78 is 2.93. The van der Waals surface area contributed by atoms with E-state index in [2.05, 4.69) is 4.98 Å². The smallest absolute Gasteiger partial charge is 0.294 e. The first-order valence-corrected chi connectivity index (χ1v) is 10.3. The molecule has 156 valence electrons. The van der Waals surface area contributed by atoms with Gasteiger partial charge in [-0.15, -0.1) is 0 Å². The van der Waals surface area contributed by atoms with Crippen LogP contribution in [0.25, 0.3) is 10.9 Å². The van der Waals surface area contributed by atoms with Gasteiger partial charge in [0.1, 0.15) is 0 Å². The van der Waals surface area contributed by atoms with Gasteiger partial charge in [0.15, 0.2) is 5.78 Å². The highest BCUT2D eigenvalue weighted by molar-refractivity contribution is 5.95. The van der Waals surface area contributed by atoms with E-state index in [4.69, 9.17) is 0 Å². The van der Waals surface area contributed by atoms with E-state index in [0.29, 0.717) is 35.9 Å². The molecule has 0 saturated heterocycles. The Morgan fingerprint density at radius 2 is 1.58 bits per heavy atom. The van der Waals surface area contributed by atoms with Crippen molar-refractivity contribution in [3.63, 3.8) is 0 Å². The number of Topliss-reactive ketones (excluding diaryl/α,β-unsaturated/α-hetero) is 1. The second kappa shape index (κ2) is 8.92. The van der Waals surface area contributed by atoms with E-state index in [-0.39, 0.29) is 23.6 Å². The predicted octanol–water partition coefficient (Wildman–Crippen LogP) is 3.44. The molecule has 0 aliphatic carbocycles. The quantitative estimate of drug-likeness (QED) is 0.435. The third-order valence-electron chi connectivity index (χ3n) is 5.44. The fourth-order valence-corrected chi connectivity index (χ4v) is 3.69. The van der Waals surface area contributed by atoms with Gasteiger partial charge in [-0.3, -0.25) is 23.7 Å². The van der Waals surface area contributed by atoms with Crippen molar-refractivity contribution in [2.45, 2.75) is 32.9 Å². The van der Waals surface area contributed by atoms with E-state index in [1.807, 2.05) is 37.3 Å². The number of aromatic nitrogens is 3. The van der Waals surface area contributed by atoms with Gasteiger partial charge < -0.3 is 0 Å². The second-order valence-corrected chi connectivity index (χ2v) is 7.42. The highest BCUT2D eigenvalue weighted by Crippen LogP contribution is 2.12.